The second kappa shape index (κ2) is 3.99. The molecule has 0 spiro atoms. The fraction of sp³-hybridized carbons (Fsp3) is 0.143. The van der Waals surface area contributed by atoms with E-state index in [2.05, 4.69) is 20.9 Å². The summed E-state index contributed by atoms with van der Waals surface area (Å²) in [7, 11) is 0. The predicted octanol–water partition coefficient (Wildman–Crippen LogP) is 3.31. The van der Waals surface area contributed by atoms with Crippen LogP contribution < -0.4 is 0 Å². The monoisotopic (exact) mass is 266 g/mol. The van der Waals surface area contributed by atoms with E-state index in [1.807, 2.05) is 0 Å². The molecular formula is C7H2BrClF2N2. The Balaban J connectivity index is 3.35. The molecule has 0 N–H and O–H groups in total. The van der Waals surface area contributed by atoms with Crippen molar-refractivity contribution in [1.82, 2.24) is 4.98 Å². The lowest BCUT2D eigenvalue weighted by molar-refractivity contribution is 0.150. The number of alkyl halides is 2. The Morgan fingerprint density at radius 3 is 2.69 bits per heavy atom. The van der Waals surface area contributed by atoms with Gasteiger partial charge < -0.3 is 0 Å². The summed E-state index contributed by atoms with van der Waals surface area (Å²) in [5.74, 6) is 0. The maximum atomic E-state index is 12.3. The highest BCUT2D eigenvalue weighted by atomic mass is 79.9. The number of nitriles is 1. The average molecular weight is 267 g/mol. The Morgan fingerprint density at radius 2 is 2.23 bits per heavy atom. The number of rotatable bonds is 1. The molecule has 0 bridgehead atoms. The summed E-state index contributed by atoms with van der Waals surface area (Å²) in [6.45, 7) is 0. The Morgan fingerprint density at radius 1 is 1.62 bits per heavy atom. The normalized spacial score (nSPS) is 10.2. The summed E-state index contributed by atoms with van der Waals surface area (Å²) in [6, 6.07) is 2.64. The standard InChI is InChI=1S/C7H2BrClF2N2/c8-4-1-3(7(10)11)5(2-12)13-6(4)9/h1,7H. The number of hydrogen-bond donors (Lipinski definition) is 0. The third kappa shape index (κ3) is 2.14. The molecule has 13 heavy (non-hydrogen) atoms. The van der Waals surface area contributed by atoms with Gasteiger partial charge in [-0.1, -0.05) is 11.6 Å². The smallest absolute Gasteiger partial charge is 0.224 e. The molecule has 0 atom stereocenters. The summed E-state index contributed by atoms with van der Waals surface area (Å²) in [6.07, 6.45) is -2.73. The summed E-state index contributed by atoms with van der Waals surface area (Å²) in [5, 5.41) is 8.46. The van der Waals surface area contributed by atoms with Gasteiger partial charge in [0, 0.05) is 0 Å². The van der Waals surface area contributed by atoms with Crippen molar-refractivity contribution < 1.29 is 8.78 Å². The SMILES string of the molecule is N#Cc1nc(Cl)c(Br)cc1C(F)F. The molecule has 0 unspecified atom stereocenters. The Hall–Kier alpha value is -0.730. The molecule has 0 aromatic carbocycles. The van der Waals surface area contributed by atoms with Gasteiger partial charge in [0.25, 0.3) is 6.43 Å². The molecule has 0 aliphatic rings. The van der Waals surface area contributed by atoms with E-state index in [4.69, 9.17) is 16.9 Å². The summed E-state index contributed by atoms with van der Waals surface area (Å²) >= 11 is 8.46. The van der Waals surface area contributed by atoms with Crippen molar-refractivity contribution >= 4 is 27.5 Å². The van der Waals surface area contributed by atoms with E-state index in [1.165, 1.54) is 0 Å². The maximum absolute atomic E-state index is 12.3. The number of pyridine rings is 1. The van der Waals surface area contributed by atoms with Crippen LogP contribution in [0.4, 0.5) is 8.78 Å². The van der Waals surface area contributed by atoms with Crippen LogP contribution in [0.1, 0.15) is 17.7 Å². The van der Waals surface area contributed by atoms with Crippen LogP contribution in [0.25, 0.3) is 0 Å². The fourth-order valence-corrected chi connectivity index (χ4v) is 1.21. The molecule has 0 saturated heterocycles. The first-order chi connectivity index (χ1) is 6.06. The minimum absolute atomic E-state index is 0.000880. The lowest BCUT2D eigenvalue weighted by Crippen LogP contribution is -1.95. The summed E-state index contributed by atoms with van der Waals surface area (Å²) < 4.78 is 24.8. The van der Waals surface area contributed by atoms with Crippen LogP contribution in [-0.4, -0.2) is 4.98 Å². The third-order valence-corrected chi connectivity index (χ3v) is 2.42. The van der Waals surface area contributed by atoms with E-state index >= 15 is 0 Å². The lowest BCUT2D eigenvalue weighted by atomic mass is 10.2. The number of hydrogen-bond acceptors (Lipinski definition) is 2. The molecule has 0 fully saturated rings. The highest BCUT2D eigenvalue weighted by Gasteiger charge is 2.16. The first-order valence-electron chi connectivity index (χ1n) is 3.10. The van der Waals surface area contributed by atoms with Crippen LogP contribution in [0.15, 0.2) is 10.5 Å². The second-order valence-electron chi connectivity index (χ2n) is 2.11. The number of aromatic nitrogens is 1. The van der Waals surface area contributed by atoms with Crippen molar-refractivity contribution in [3.05, 3.63) is 26.9 Å². The van der Waals surface area contributed by atoms with E-state index in [-0.39, 0.29) is 15.3 Å². The molecule has 0 radical (unpaired) electrons. The van der Waals surface area contributed by atoms with Gasteiger partial charge in [-0.15, -0.1) is 0 Å². The molecule has 1 aromatic rings. The van der Waals surface area contributed by atoms with E-state index in [1.54, 1.807) is 6.07 Å². The van der Waals surface area contributed by atoms with Crippen LogP contribution in [0.5, 0.6) is 0 Å². The maximum Gasteiger partial charge on any atom is 0.266 e. The van der Waals surface area contributed by atoms with Gasteiger partial charge in [0.05, 0.1) is 10.0 Å². The van der Waals surface area contributed by atoms with Gasteiger partial charge in [-0.25, -0.2) is 13.8 Å². The average Bonchev–Trinajstić information content (AvgIpc) is 2.08. The summed E-state index contributed by atoms with van der Waals surface area (Å²) in [5.41, 5.74) is -0.762. The van der Waals surface area contributed by atoms with E-state index in [9.17, 15) is 8.78 Å². The third-order valence-electron chi connectivity index (χ3n) is 1.30. The molecule has 0 amide bonds. The van der Waals surface area contributed by atoms with Crippen LogP contribution in [0.3, 0.4) is 0 Å². The minimum Gasteiger partial charge on any atom is -0.224 e. The molecule has 68 valence electrons. The fourth-order valence-electron chi connectivity index (χ4n) is 0.736. The van der Waals surface area contributed by atoms with E-state index < -0.39 is 12.0 Å². The zero-order valence-electron chi connectivity index (χ0n) is 6.06. The van der Waals surface area contributed by atoms with Crippen molar-refractivity contribution in [2.75, 3.05) is 0 Å². The van der Waals surface area contributed by atoms with Gasteiger partial charge in [0.15, 0.2) is 5.69 Å². The Kier molecular flexibility index (Phi) is 3.17. The van der Waals surface area contributed by atoms with Crippen molar-refractivity contribution in [2.24, 2.45) is 0 Å². The zero-order chi connectivity index (χ0) is 10.0. The molecule has 1 heterocycles. The Bertz CT molecular complexity index is 375. The highest BCUT2D eigenvalue weighted by Crippen LogP contribution is 2.28. The zero-order valence-corrected chi connectivity index (χ0v) is 8.40. The Labute approximate surface area is 86.3 Å². The molecule has 0 saturated carbocycles. The van der Waals surface area contributed by atoms with Gasteiger partial charge in [-0.2, -0.15) is 5.26 Å². The topological polar surface area (TPSA) is 36.7 Å². The molecular weight excluding hydrogens is 265 g/mol. The van der Waals surface area contributed by atoms with E-state index in [0.717, 1.165) is 6.07 Å². The van der Waals surface area contributed by atoms with Gasteiger partial charge in [0.2, 0.25) is 0 Å². The molecule has 6 heteroatoms. The van der Waals surface area contributed by atoms with Crippen molar-refractivity contribution in [1.29, 1.82) is 5.26 Å². The van der Waals surface area contributed by atoms with Crippen LogP contribution in [0, 0.1) is 11.3 Å². The lowest BCUT2D eigenvalue weighted by Gasteiger charge is -2.03. The number of halogens is 4. The van der Waals surface area contributed by atoms with E-state index in [0.29, 0.717) is 0 Å². The van der Waals surface area contributed by atoms with Crippen molar-refractivity contribution in [3.63, 3.8) is 0 Å². The van der Waals surface area contributed by atoms with Gasteiger partial charge >= 0.3 is 0 Å². The molecule has 1 rings (SSSR count). The van der Waals surface area contributed by atoms with Gasteiger partial charge in [0.1, 0.15) is 11.2 Å². The van der Waals surface area contributed by atoms with Crippen LogP contribution >= 0.6 is 27.5 Å². The first-order valence-corrected chi connectivity index (χ1v) is 4.27. The molecule has 1 aromatic heterocycles. The van der Waals surface area contributed by atoms with Gasteiger partial charge in [-0.05, 0) is 22.0 Å². The minimum atomic E-state index is -2.73. The largest absolute Gasteiger partial charge is 0.266 e. The van der Waals surface area contributed by atoms with Crippen molar-refractivity contribution in [3.8, 4) is 6.07 Å². The van der Waals surface area contributed by atoms with Gasteiger partial charge in [-0.3, -0.25) is 0 Å². The first kappa shape index (κ1) is 10.4. The molecule has 0 aliphatic heterocycles. The quantitative estimate of drug-likeness (QED) is 0.732. The summed E-state index contributed by atoms with van der Waals surface area (Å²) in [4.78, 5) is 3.49. The highest BCUT2D eigenvalue weighted by molar-refractivity contribution is 9.10. The molecule has 0 aliphatic carbocycles. The van der Waals surface area contributed by atoms with Crippen LogP contribution in [0.2, 0.25) is 5.15 Å². The molecule has 2 nitrogen and oxygen atoms in total. The van der Waals surface area contributed by atoms with Crippen molar-refractivity contribution in [2.45, 2.75) is 6.43 Å². The second-order valence-corrected chi connectivity index (χ2v) is 3.32. The van der Waals surface area contributed by atoms with Crippen LogP contribution in [-0.2, 0) is 0 Å². The predicted molar refractivity (Wildman–Crippen MR) is 46.6 cm³/mol. The number of nitrogens with zero attached hydrogens (tertiary/aromatic N) is 2.